The normalized spacial score (nSPS) is 15.6. The van der Waals surface area contributed by atoms with Gasteiger partial charge in [-0.1, -0.05) is 0 Å². The van der Waals surface area contributed by atoms with Gasteiger partial charge in [0.15, 0.2) is 17.5 Å². The second-order valence-electron chi connectivity index (χ2n) is 8.02. The molecular weight excluding hydrogens is 445 g/mol. The number of nitrogens with zero attached hydrogens (tertiary/aromatic N) is 6. The predicted octanol–water partition coefficient (Wildman–Crippen LogP) is 4.69. The molecule has 0 N–H and O–H groups in total. The monoisotopic (exact) mass is 466 g/mol. The molecule has 0 saturated heterocycles. The summed E-state index contributed by atoms with van der Waals surface area (Å²) in [7, 11) is 1.54. The maximum atomic E-state index is 14.4. The average Bonchev–Trinajstić information content (AvgIpc) is 3.46. The first-order valence-electron chi connectivity index (χ1n) is 10.8. The van der Waals surface area contributed by atoms with Gasteiger partial charge >= 0.3 is 0 Å². The number of rotatable bonds is 5. The summed E-state index contributed by atoms with van der Waals surface area (Å²) >= 11 is 0. The lowest BCUT2D eigenvalue weighted by Crippen LogP contribution is -2.20. The molecule has 1 aromatic carbocycles. The van der Waals surface area contributed by atoms with E-state index in [1.807, 2.05) is 29.8 Å². The van der Waals surface area contributed by atoms with Crippen LogP contribution in [0.1, 0.15) is 47.4 Å². The number of pyridine rings is 1. The van der Waals surface area contributed by atoms with E-state index < -0.39 is 23.4 Å². The average molecular weight is 466 g/mol. The van der Waals surface area contributed by atoms with Crippen LogP contribution in [0.25, 0.3) is 17.8 Å². The van der Waals surface area contributed by atoms with Crippen LogP contribution in [-0.2, 0) is 6.54 Å². The van der Waals surface area contributed by atoms with Crippen LogP contribution in [0.15, 0.2) is 36.8 Å². The number of aryl methyl sites for hydroxylation is 2. The fourth-order valence-electron chi connectivity index (χ4n) is 4.18. The lowest BCUT2D eigenvalue weighted by molar-refractivity contribution is 0.395. The van der Waals surface area contributed by atoms with Crippen molar-refractivity contribution in [3.63, 3.8) is 0 Å². The summed E-state index contributed by atoms with van der Waals surface area (Å²) in [6, 6.07) is 5.41. The third-order valence-corrected chi connectivity index (χ3v) is 5.77. The van der Waals surface area contributed by atoms with Crippen LogP contribution >= 0.6 is 0 Å². The van der Waals surface area contributed by atoms with Gasteiger partial charge in [-0.3, -0.25) is 0 Å². The molecule has 0 aliphatic carbocycles. The van der Waals surface area contributed by atoms with Gasteiger partial charge in [0, 0.05) is 24.2 Å². The SMILES string of the molecule is COc1nc(/C=C/c2nc3n(n2)CCC[C@H]3c2c(F)ccc(F)c2F)ccc1-n1cnc(C)c1. The van der Waals surface area contributed by atoms with E-state index in [0.717, 1.165) is 23.5 Å². The molecule has 4 aromatic rings. The molecule has 4 heterocycles. The smallest absolute Gasteiger partial charge is 0.238 e. The Kier molecular flexibility index (Phi) is 5.64. The molecule has 3 aromatic heterocycles. The largest absolute Gasteiger partial charge is 0.479 e. The van der Waals surface area contributed by atoms with Crippen molar-refractivity contribution in [2.24, 2.45) is 0 Å². The van der Waals surface area contributed by atoms with E-state index in [1.54, 1.807) is 30.3 Å². The summed E-state index contributed by atoms with van der Waals surface area (Å²) in [5.41, 5.74) is 1.93. The molecule has 10 heteroatoms. The Bertz CT molecular complexity index is 1390. The first-order valence-corrected chi connectivity index (χ1v) is 10.8. The van der Waals surface area contributed by atoms with E-state index in [1.165, 1.54) is 0 Å². The number of methoxy groups -OCH3 is 1. The molecule has 0 spiro atoms. The van der Waals surface area contributed by atoms with Crippen LogP contribution in [0, 0.1) is 24.4 Å². The number of fused-ring (bicyclic) bond motifs is 1. The van der Waals surface area contributed by atoms with Gasteiger partial charge in [-0.25, -0.2) is 32.8 Å². The third-order valence-electron chi connectivity index (χ3n) is 5.77. The number of halogens is 3. The van der Waals surface area contributed by atoms with E-state index in [2.05, 4.69) is 20.1 Å². The summed E-state index contributed by atoms with van der Waals surface area (Å²) in [5.74, 6) is -2.56. The lowest BCUT2D eigenvalue weighted by atomic mass is 9.90. The van der Waals surface area contributed by atoms with Crippen LogP contribution < -0.4 is 4.74 Å². The molecule has 1 aliphatic heterocycles. The minimum Gasteiger partial charge on any atom is -0.479 e. The molecule has 0 unspecified atom stereocenters. The van der Waals surface area contributed by atoms with Gasteiger partial charge in [-0.2, -0.15) is 5.10 Å². The van der Waals surface area contributed by atoms with Gasteiger partial charge in [0.2, 0.25) is 5.88 Å². The number of aromatic nitrogens is 6. The Balaban J connectivity index is 1.44. The zero-order valence-corrected chi connectivity index (χ0v) is 18.5. The van der Waals surface area contributed by atoms with E-state index in [0.29, 0.717) is 42.6 Å². The van der Waals surface area contributed by atoms with Crippen LogP contribution in [0.4, 0.5) is 13.2 Å². The lowest BCUT2D eigenvalue weighted by Gasteiger charge is -2.23. The van der Waals surface area contributed by atoms with E-state index >= 15 is 0 Å². The van der Waals surface area contributed by atoms with Gasteiger partial charge in [0.05, 0.1) is 24.8 Å². The molecule has 1 atom stereocenters. The Morgan fingerprint density at radius 3 is 2.65 bits per heavy atom. The van der Waals surface area contributed by atoms with Crippen molar-refractivity contribution < 1.29 is 17.9 Å². The summed E-state index contributed by atoms with van der Waals surface area (Å²) in [4.78, 5) is 13.2. The zero-order chi connectivity index (χ0) is 23.8. The fraction of sp³-hybridized carbons (Fsp3) is 0.250. The second-order valence-corrected chi connectivity index (χ2v) is 8.02. The van der Waals surface area contributed by atoms with Crippen molar-refractivity contribution in [1.82, 2.24) is 29.3 Å². The molecule has 0 bridgehead atoms. The highest BCUT2D eigenvalue weighted by atomic mass is 19.2. The number of hydrogen-bond donors (Lipinski definition) is 0. The quantitative estimate of drug-likeness (QED) is 0.399. The Morgan fingerprint density at radius 1 is 1.06 bits per heavy atom. The molecule has 0 amide bonds. The maximum absolute atomic E-state index is 14.4. The van der Waals surface area contributed by atoms with E-state index in [-0.39, 0.29) is 5.56 Å². The first-order chi connectivity index (χ1) is 16.4. The standard InChI is InChI=1S/C24H21F3N6O/c1-14-12-32(13-28-14)19-9-5-15(29-24(19)34-2)6-10-20-30-23-16(4-3-11-33(23)31-20)21-17(25)7-8-18(26)22(21)27/h5-10,12-13,16H,3-4,11H2,1-2H3/b10-6+/t16-/m0/s1. The van der Waals surface area contributed by atoms with Crippen molar-refractivity contribution in [1.29, 1.82) is 0 Å². The second kappa shape index (κ2) is 8.77. The van der Waals surface area contributed by atoms with Crippen LogP contribution in [0.3, 0.4) is 0 Å². The van der Waals surface area contributed by atoms with Crippen LogP contribution in [-0.4, -0.2) is 36.4 Å². The number of imidazole rings is 1. The van der Waals surface area contributed by atoms with Crippen LogP contribution in [0.2, 0.25) is 0 Å². The number of hydrogen-bond acceptors (Lipinski definition) is 5. The topological polar surface area (TPSA) is 70.7 Å². The number of benzene rings is 1. The van der Waals surface area contributed by atoms with Crippen molar-refractivity contribution in [3.8, 4) is 11.6 Å². The van der Waals surface area contributed by atoms with E-state index in [4.69, 9.17) is 4.74 Å². The first kappa shape index (κ1) is 21.9. The predicted molar refractivity (Wildman–Crippen MR) is 119 cm³/mol. The highest BCUT2D eigenvalue weighted by molar-refractivity contribution is 5.65. The molecule has 5 rings (SSSR count). The van der Waals surface area contributed by atoms with Gasteiger partial charge in [-0.05, 0) is 56.2 Å². The Labute approximate surface area is 193 Å². The molecule has 34 heavy (non-hydrogen) atoms. The Morgan fingerprint density at radius 2 is 1.88 bits per heavy atom. The van der Waals surface area contributed by atoms with Crippen molar-refractivity contribution in [2.45, 2.75) is 32.2 Å². The number of ether oxygens (including phenoxy) is 1. The van der Waals surface area contributed by atoms with Crippen molar-refractivity contribution in [3.05, 3.63) is 82.8 Å². The highest BCUT2D eigenvalue weighted by Crippen LogP contribution is 2.36. The van der Waals surface area contributed by atoms with Crippen molar-refractivity contribution >= 4 is 12.2 Å². The molecule has 0 radical (unpaired) electrons. The minimum absolute atomic E-state index is 0.305. The van der Waals surface area contributed by atoms with Gasteiger partial charge in [0.25, 0.3) is 0 Å². The molecule has 7 nitrogen and oxygen atoms in total. The maximum Gasteiger partial charge on any atom is 0.238 e. The zero-order valence-electron chi connectivity index (χ0n) is 18.5. The van der Waals surface area contributed by atoms with Gasteiger partial charge in [0.1, 0.15) is 17.3 Å². The van der Waals surface area contributed by atoms with E-state index in [9.17, 15) is 13.2 Å². The Hall–Kier alpha value is -3.95. The summed E-state index contributed by atoms with van der Waals surface area (Å²) in [5, 5.41) is 4.44. The van der Waals surface area contributed by atoms with Crippen molar-refractivity contribution in [2.75, 3.05) is 7.11 Å². The minimum atomic E-state index is -1.18. The molecule has 174 valence electrons. The molecule has 0 fully saturated rings. The highest BCUT2D eigenvalue weighted by Gasteiger charge is 2.31. The third kappa shape index (κ3) is 3.95. The molecule has 0 saturated carbocycles. The summed E-state index contributed by atoms with van der Waals surface area (Å²) < 4.78 is 51.5. The summed E-state index contributed by atoms with van der Waals surface area (Å²) in [6.45, 7) is 2.46. The summed E-state index contributed by atoms with van der Waals surface area (Å²) in [6.07, 6.45) is 8.05. The fourth-order valence-corrected chi connectivity index (χ4v) is 4.18. The molecular formula is C24H21F3N6O. The molecule has 1 aliphatic rings. The van der Waals surface area contributed by atoms with Crippen LogP contribution in [0.5, 0.6) is 5.88 Å². The van der Waals surface area contributed by atoms with Gasteiger partial charge in [-0.15, -0.1) is 0 Å². The van der Waals surface area contributed by atoms with Gasteiger partial charge < -0.3 is 9.30 Å².